The second-order valence-corrected chi connectivity index (χ2v) is 18.8. The molecule has 0 fully saturated rings. The van der Waals surface area contributed by atoms with Gasteiger partial charge >= 0.3 is 0 Å². The van der Waals surface area contributed by atoms with Gasteiger partial charge in [0.05, 0.1) is 46.7 Å². The minimum atomic E-state index is -0.669. The highest BCUT2D eigenvalue weighted by Crippen LogP contribution is 2.53. The molecule has 10 aromatic carbocycles. The third-order valence-electron chi connectivity index (χ3n) is 14.4. The molecule has 0 saturated carbocycles. The van der Waals surface area contributed by atoms with Gasteiger partial charge < -0.3 is 9.13 Å². The van der Waals surface area contributed by atoms with Gasteiger partial charge in [-0.05, 0) is 151 Å². The van der Waals surface area contributed by atoms with E-state index in [1.807, 2.05) is 72.8 Å². The minimum Gasteiger partial charge on any atom is -0.309 e. The van der Waals surface area contributed by atoms with E-state index >= 15 is 0 Å². The zero-order chi connectivity index (χ0) is 61.1. The Bertz CT molecular complexity index is 4730. The molecule has 0 aliphatic heterocycles. The van der Waals surface area contributed by atoms with Gasteiger partial charge in [-0.25, -0.2) is 0 Å². The average molecular weight is 887 g/mol. The fourth-order valence-electron chi connectivity index (χ4n) is 11.1. The minimum absolute atomic E-state index is 0.0980. The number of aromatic nitrogens is 2. The van der Waals surface area contributed by atoms with Crippen molar-refractivity contribution in [3.05, 3.63) is 240 Å². The summed E-state index contributed by atoms with van der Waals surface area (Å²) in [6, 6.07) is 25.4. The molecule has 0 radical (unpaired) electrons. The zero-order valence-electron chi connectivity index (χ0n) is 55.3. The van der Waals surface area contributed by atoms with E-state index < -0.39 is 142 Å². The largest absolute Gasteiger partial charge is 0.309 e. The van der Waals surface area contributed by atoms with E-state index in [0.29, 0.717) is 32.8 Å². The molecule has 0 N–H and O–H groups in total. The van der Waals surface area contributed by atoms with Crippen molar-refractivity contribution >= 4 is 43.6 Å². The summed E-state index contributed by atoms with van der Waals surface area (Å²) in [7, 11) is 0. The van der Waals surface area contributed by atoms with Gasteiger partial charge in [0, 0.05) is 43.7 Å². The van der Waals surface area contributed by atoms with Gasteiger partial charge in [0.15, 0.2) is 0 Å². The van der Waals surface area contributed by atoms with Crippen LogP contribution in [0.25, 0.3) is 111 Å². The van der Waals surface area contributed by atoms with E-state index in [-0.39, 0.29) is 11.4 Å². The normalized spacial score (nSPS) is 17.8. The predicted octanol–water partition coefficient (Wildman–Crippen LogP) is 17.5. The summed E-state index contributed by atoms with van der Waals surface area (Å²) in [6.07, 6.45) is 0. The molecule has 2 aromatic heterocycles. The fraction of sp³-hybridized carbons (Fsp3) is 0.0909. The number of hydrogen-bond acceptors (Lipinski definition) is 0. The van der Waals surface area contributed by atoms with Crippen LogP contribution in [0.15, 0.2) is 218 Å². The van der Waals surface area contributed by atoms with Crippen molar-refractivity contribution in [2.24, 2.45) is 0 Å². The first-order valence-electron chi connectivity index (χ1n) is 31.5. The summed E-state index contributed by atoms with van der Waals surface area (Å²) in [5.74, 6) is 0. The molecular formula is C66H48N2. The van der Waals surface area contributed by atoms with E-state index in [9.17, 15) is 11.0 Å². The summed E-state index contributed by atoms with van der Waals surface area (Å²) < 4.78 is 165. The molecule has 0 bridgehead atoms. The zero-order valence-corrected chi connectivity index (χ0v) is 37.3. The molecule has 0 atom stereocenters. The molecule has 12 aromatic rings. The van der Waals surface area contributed by atoms with Crippen LogP contribution in [0.1, 0.15) is 74.6 Å². The van der Waals surface area contributed by atoms with Crippen LogP contribution < -0.4 is 0 Å². The first kappa shape index (κ1) is 25.1. The van der Waals surface area contributed by atoms with Crippen molar-refractivity contribution in [2.75, 3.05) is 0 Å². The summed E-state index contributed by atoms with van der Waals surface area (Å²) in [6.45, 7) is 8.53. The number of rotatable bonds is 5. The van der Waals surface area contributed by atoms with E-state index in [4.69, 9.17) is 13.7 Å². The van der Waals surface area contributed by atoms with Crippen LogP contribution in [0.4, 0.5) is 0 Å². The Morgan fingerprint density at radius 2 is 0.676 bits per heavy atom. The van der Waals surface area contributed by atoms with E-state index in [0.717, 1.165) is 66.4 Å². The maximum atomic E-state index is 9.66. The van der Waals surface area contributed by atoms with Crippen LogP contribution in [0, 0.1) is 0 Å². The Hall–Kier alpha value is -8.20. The molecule has 322 valence electrons. The third kappa shape index (κ3) is 5.52. The highest BCUT2D eigenvalue weighted by Gasteiger charge is 2.37. The predicted molar refractivity (Wildman–Crippen MR) is 287 cm³/mol. The first-order chi connectivity index (χ1) is 40.7. The van der Waals surface area contributed by atoms with Crippen molar-refractivity contribution in [2.45, 2.75) is 38.5 Å². The molecule has 0 spiro atoms. The summed E-state index contributed by atoms with van der Waals surface area (Å²) >= 11 is 0. The molecule has 0 unspecified atom stereocenters. The van der Waals surface area contributed by atoms with Crippen LogP contribution in [-0.4, -0.2) is 9.13 Å². The molecule has 2 nitrogen and oxygen atoms in total. The van der Waals surface area contributed by atoms with Crippen LogP contribution >= 0.6 is 0 Å². The Morgan fingerprint density at radius 1 is 0.309 bits per heavy atom. The lowest BCUT2D eigenvalue weighted by molar-refractivity contribution is 0.661. The molecule has 14 rings (SSSR count). The Kier molecular flexibility index (Phi) is 5.22. The Morgan fingerprint density at radius 3 is 1.09 bits per heavy atom. The molecule has 68 heavy (non-hydrogen) atoms. The first-order valence-corrected chi connectivity index (χ1v) is 22.5. The van der Waals surface area contributed by atoms with Crippen molar-refractivity contribution in [3.8, 4) is 67.0 Å². The molecule has 2 heteroatoms. The Labute approximate surface area is 422 Å². The van der Waals surface area contributed by atoms with Crippen molar-refractivity contribution in [3.63, 3.8) is 0 Å². The van der Waals surface area contributed by atoms with Crippen LogP contribution in [0.3, 0.4) is 0 Å². The lowest BCUT2D eigenvalue weighted by atomic mass is 9.82. The van der Waals surface area contributed by atoms with Gasteiger partial charge in [-0.1, -0.05) is 173 Å². The SMILES string of the molecule is [2H]c1c([2H])c([2H])c(-c2c([2H])c([2H])c(-n3c4ccc(-c5ccc6c(c5)c5cc7c(cc5n6-c5c([2H])c([2H])c(-c6c([2H])c([2H])c([2H])c([2H])c6[2H])c([2H])c5[2H])C(C)(C)c5ccccc5-7)cc4c4cc5c(cc43)C(C)(C)c3ccccc3-5)c([2H])c2[2H])c([2H])c1[2H]. The van der Waals surface area contributed by atoms with E-state index in [2.05, 4.69) is 64.1 Å². The van der Waals surface area contributed by atoms with Gasteiger partial charge in [0.1, 0.15) is 0 Å². The molecule has 2 heterocycles. The van der Waals surface area contributed by atoms with Gasteiger partial charge in [-0.3, -0.25) is 0 Å². The lowest BCUT2D eigenvalue weighted by Gasteiger charge is -2.21. The van der Waals surface area contributed by atoms with Gasteiger partial charge in [0.2, 0.25) is 0 Å². The number of fused-ring (bicyclic) bond motifs is 12. The lowest BCUT2D eigenvalue weighted by Crippen LogP contribution is -2.14. The second kappa shape index (κ2) is 14.2. The van der Waals surface area contributed by atoms with Gasteiger partial charge in [-0.2, -0.15) is 0 Å². The number of nitrogens with zero attached hydrogens (tertiary/aromatic N) is 2. The van der Waals surface area contributed by atoms with Gasteiger partial charge in [-0.15, -0.1) is 0 Å². The van der Waals surface area contributed by atoms with Crippen molar-refractivity contribution < 1.29 is 24.7 Å². The highest BCUT2D eigenvalue weighted by atomic mass is 15.0. The Balaban J connectivity index is 1.03. The second-order valence-electron chi connectivity index (χ2n) is 18.8. The highest BCUT2D eigenvalue weighted by molar-refractivity contribution is 6.15. The molecule has 2 aliphatic rings. The number of hydrogen-bond donors (Lipinski definition) is 0. The van der Waals surface area contributed by atoms with Crippen LogP contribution in [0.2, 0.25) is 0 Å². The van der Waals surface area contributed by atoms with E-state index in [1.54, 1.807) is 9.13 Å². The molecule has 2 aliphatic carbocycles. The average Bonchev–Trinajstić information content (AvgIpc) is 1.54. The summed E-state index contributed by atoms with van der Waals surface area (Å²) in [4.78, 5) is 0. The van der Waals surface area contributed by atoms with E-state index in [1.165, 1.54) is 0 Å². The third-order valence-corrected chi connectivity index (χ3v) is 14.4. The smallest absolute Gasteiger partial charge is 0.0645 e. The number of benzene rings is 10. The molecular weight excluding hydrogens is 821 g/mol. The standard InChI is InChI=1S/C66H48N2/c1-65(2)57-21-13-11-19-49(57)51-37-55-53-35-45(27-33-61(53)67(63(55)39-59(51)65)47-29-23-43(24-30-47)41-15-7-5-8-16-41)46-28-34-62-54(36-46)56-38-52-50-20-12-14-22-58(50)66(3,4)60(52)40-64(56)68(62)48-31-25-44(26-32-48)42-17-9-6-10-18-42/h5-40H,1-4H3/i5D,6D,7D,8D,9D,10D,15D,16D,17D,18D,23D,24D,25D,26D,29D,30D,31D,32D. The maximum absolute atomic E-state index is 9.66. The van der Waals surface area contributed by atoms with Crippen LogP contribution in [-0.2, 0) is 10.8 Å². The monoisotopic (exact) mass is 886 g/mol. The quantitative estimate of drug-likeness (QED) is 0.163. The van der Waals surface area contributed by atoms with Gasteiger partial charge in [0.25, 0.3) is 0 Å². The van der Waals surface area contributed by atoms with Crippen molar-refractivity contribution in [1.82, 2.24) is 9.13 Å². The molecule has 0 saturated heterocycles. The fourth-order valence-corrected chi connectivity index (χ4v) is 11.1. The van der Waals surface area contributed by atoms with Crippen LogP contribution in [0.5, 0.6) is 0 Å². The van der Waals surface area contributed by atoms with Crippen molar-refractivity contribution in [1.29, 1.82) is 0 Å². The maximum Gasteiger partial charge on any atom is 0.0645 e. The summed E-state index contributed by atoms with van der Waals surface area (Å²) in [5.41, 5.74) is 9.10. The summed E-state index contributed by atoms with van der Waals surface area (Å²) in [5, 5.41) is 2.89. The topological polar surface area (TPSA) is 9.86 Å². The molecule has 0 amide bonds.